The van der Waals surface area contributed by atoms with Gasteiger partial charge in [0.05, 0.1) is 12.3 Å². The fraction of sp³-hybridized carbons (Fsp3) is 0.583. The molecule has 0 unspecified atom stereocenters. The SMILES string of the molecule is CCOCCN(C)Cc1cc(NC)ccn1. The molecule has 90 valence electrons. The van der Waals surface area contributed by atoms with Crippen LogP contribution in [0.1, 0.15) is 12.6 Å². The maximum absolute atomic E-state index is 5.31. The minimum absolute atomic E-state index is 0.777. The summed E-state index contributed by atoms with van der Waals surface area (Å²) < 4.78 is 5.31. The fourth-order valence-corrected chi connectivity index (χ4v) is 1.44. The Morgan fingerprint density at radius 1 is 1.50 bits per heavy atom. The predicted octanol–water partition coefficient (Wildman–Crippen LogP) is 1.59. The molecule has 4 heteroatoms. The average molecular weight is 223 g/mol. The van der Waals surface area contributed by atoms with Crippen LogP contribution in [-0.4, -0.2) is 43.7 Å². The summed E-state index contributed by atoms with van der Waals surface area (Å²) >= 11 is 0. The topological polar surface area (TPSA) is 37.4 Å². The molecule has 0 fully saturated rings. The summed E-state index contributed by atoms with van der Waals surface area (Å²) in [7, 11) is 3.99. The zero-order chi connectivity index (χ0) is 11.8. The molecule has 1 aromatic rings. The summed E-state index contributed by atoms with van der Waals surface area (Å²) in [5.41, 5.74) is 2.18. The van der Waals surface area contributed by atoms with E-state index in [1.165, 1.54) is 0 Å². The standard InChI is InChI=1S/C12H21N3O/c1-4-16-8-7-15(3)10-12-9-11(13-2)5-6-14-12/h5-6,9H,4,7-8,10H2,1-3H3,(H,13,14). The van der Waals surface area contributed by atoms with E-state index < -0.39 is 0 Å². The average Bonchev–Trinajstić information content (AvgIpc) is 2.29. The third-order valence-corrected chi connectivity index (χ3v) is 2.36. The van der Waals surface area contributed by atoms with Gasteiger partial charge in [-0.3, -0.25) is 9.88 Å². The second-order valence-corrected chi connectivity index (χ2v) is 3.72. The third kappa shape index (κ3) is 4.59. The van der Waals surface area contributed by atoms with Crippen molar-refractivity contribution in [1.82, 2.24) is 9.88 Å². The van der Waals surface area contributed by atoms with Crippen molar-refractivity contribution in [3.05, 3.63) is 24.0 Å². The summed E-state index contributed by atoms with van der Waals surface area (Å²) in [6, 6.07) is 4.03. The van der Waals surface area contributed by atoms with Crippen molar-refractivity contribution in [2.24, 2.45) is 0 Å². The van der Waals surface area contributed by atoms with Crippen molar-refractivity contribution in [2.45, 2.75) is 13.5 Å². The Bertz CT molecular complexity index is 304. The second-order valence-electron chi connectivity index (χ2n) is 3.72. The van der Waals surface area contributed by atoms with E-state index in [0.717, 1.165) is 37.7 Å². The van der Waals surface area contributed by atoms with Gasteiger partial charge >= 0.3 is 0 Å². The summed E-state index contributed by atoms with van der Waals surface area (Å²) in [6.45, 7) is 5.35. The highest BCUT2D eigenvalue weighted by molar-refractivity contribution is 5.42. The summed E-state index contributed by atoms with van der Waals surface area (Å²) in [6.07, 6.45) is 1.83. The van der Waals surface area contributed by atoms with Gasteiger partial charge in [-0.25, -0.2) is 0 Å². The monoisotopic (exact) mass is 223 g/mol. The minimum atomic E-state index is 0.777. The van der Waals surface area contributed by atoms with E-state index in [1.807, 2.05) is 26.2 Å². The number of aromatic nitrogens is 1. The molecule has 1 rings (SSSR count). The number of ether oxygens (including phenoxy) is 1. The van der Waals surface area contributed by atoms with Gasteiger partial charge in [0, 0.05) is 38.6 Å². The van der Waals surface area contributed by atoms with Crippen molar-refractivity contribution in [3.8, 4) is 0 Å². The number of pyridine rings is 1. The Morgan fingerprint density at radius 2 is 2.31 bits per heavy atom. The zero-order valence-corrected chi connectivity index (χ0v) is 10.4. The maximum atomic E-state index is 5.31. The van der Waals surface area contributed by atoms with E-state index in [9.17, 15) is 0 Å². The van der Waals surface area contributed by atoms with Crippen LogP contribution in [0.3, 0.4) is 0 Å². The van der Waals surface area contributed by atoms with Gasteiger partial charge in [-0.15, -0.1) is 0 Å². The smallest absolute Gasteiger partial charge is 0.0593 e. The molecule has 1 aromatic heterocycles. The first-order chi connectivity index (χ1) is 7.76. The predicted molar refractivity (Wildman–Crippen MR) is 66.6 cm³/mol. The minimum Gasteiger partial charge on any atom is -0.388 e. The van der Waals surface area contributed by atoms with Gasteiger partial charge in [0.2, 0.25) is 0 Å². The molecule has 0 aliphatic heterocycles. The molecule has 0 bridgehead atoms. The zero-order valence-electron chi connectivity index (χ0n) is 10.4. The lowest BCUT2D eigenvalue weighted by Crippen LogP contribution is -2.23. The number of likely N-dealkylation sites (N-methyl/N-ethyl adjacent to an activating group) is 1. The highest BCUT2D eigenvalue weighted by atomic mass is 16.5. The highest BCUT2D eigenvalue weighted by Crippen LogP contribution is 2.08. The first kappa shape index (κ1) is 12.9. The van der Waals surface area contributed by atoms with Crippen LogP contribution in [-0.2, 0) is 11.3 Å². The van der Waals surface area contributed by atoms with Gasteiger partial charge in [-0.05, 0) is 26.1 Å². The van der Waals surface area contributed by atoms with Crippen LogP contribution in [0.25, 0.3) is 0 Å². The number of hydrogen-bond acceptors (Lipinski definition) is 4. The normalized spacial score (nSPS) is 10.8. The van der Waals surface area contributed by atoms with Crippen molar-refractivity contribution in [1.29, 1.82) is 0 Å². The summed E-state index contributed by atoms with van der Waals surface area (Å²) in [5, 5.41) is 3.11. The molecule has 16 heavy (non-hydrogen) atoms. The van der Waals surface area contributed by atoms with Crippen LogP contribution in [0.5, 0.6) is 0 Å². The molecule has 0 aromatic carbocycles. The quantitative estimate of drug-likeness (QED) is 0.712. The number of hydrogen-bond donors (Lipinski definition) is 1. The highest BCUT2D eigenvalue weighted by Gasteiger charge is 2.01. The third-order valence-electron chi connectivity index (χ3n) is 2.36. The Hall–Kier alpha value is -1.13. The Kier molecular flexibility index (Phi) is 5.82. The van der Waals surface area contributed by atoms with Crippen LogP contribution in [0.2, 0.25) is 0 Å². The fourth-order valence-electron chi connectivity index (χ4n) is 1.44. The van der Waals surface area contributed by atoms with Crippen LogP contribution in [0.4, 0.5) is 5.69 Å². The van der Waals surface area contributed by atoms with E-state index in [0.29, 0.717) is 0 Å². The van der Waals surface area contributed by atoms with Crippen molar-refractivity contribution in [2.75, 3.05) is 39.2 Å². The molecule has 4 nitrogen and oxygen atoms in total. The lowest BCUT2D eigenvalue weighted by molar-refractivity contribution is 0.120. The Balaban J connectivity index is 2.39. The molecule has 0 aliphatic carbocycles. The van der Waals surface area contributed by atoms with Gasteiger partial charge < -0.3 is 10.1 Å². The second kappa shape index (κ2) is 7.19. The molecule has 0 saturated carbocycles. The first-order valence-electron chi connectivity index (χ1n) is 5.65. The number of anilines is 1. The largest absolute Gasteiger partial charge is 0.388 e. The van der Waals surface area contributed by atoms with Crippen LogP contribution < -0.4 is 5.32 Å². The molecule has 0 atom stereocenters. The summed E-state index contributed by atoms with van der Waals surface area (Å²) in [4.78, 5) is 6.54. The van der Waals surface area contributed by atoms with Crippen molar-refractivity contribution in [3.63, 3.8) is 0 Å². The number of nitrogens with one attached hydrogen (secondary N) is 1. The molecule has 1 N–H and O–H groups in total. The maximum Gasteiger partial charge on any atom is 0.0593 e. The van der Waals surface area contributed by atoms with Crippen LogP contribution in [0, 0.1) is 0 Å². The molecule has 0 saturated heterocycles. The van der Waals surface area contributed by atoms with Gasteiger partial charge in [0.1, 0.15) is 0 Å². The molecule has 0 aliphatic rings. The van der Waals surface area contributed by atoms with E-state index in [1.54, 1.807) is 0 Å². The lowest BCUT2D eigenvalue weighted by atomic mass is 10.3. The number of nitrogens with zero attached hydrogens (tertiary/aromatic N) is 2. The molecule has 1 heterocycles. The van der Waals surface area contributed by atoms with E-state index in [4.69, 9.17) is 4.74 Å². The van der Waals surface area contributed by atoms with E-state index in [-0.39, 0.29) is 0 Å². The Morgan fingerprint density at radius 3 is 3.00 bits per heavy atom. The van der Waals surface area contributed by atoms with Crippen molar-refractivity contribution < 1.29 is 4.74 Å². The molecule has 0 amide bonds. The molecule has 0 radical (unpaired) electrons. The van der Waals surface area contributed by atoms with Gasteiger partial charge in [0.15, 0.2) is 0 Å². The Labute approximate surface area is 97.6 Å². The molecular weight excluding hydrogens is 202 g/mol. The summed E-state index contributed by atoms with van der Waals surface area (Å²) in [5.74, 6) is 0. The first-order valence-corrected chi connectivity index (χ1v) is 5.65. The molecular formula is C12H21N3O. The molecule has 0 spiro atoms. The number of rotatable bonds is 7. The van der Waals surface area contributed by atoms with E-state index in [2.05, 4.69) is 28.3 Å². The van der Waals surface area contributed by atoms with Gasteiger partial charge in [0.25, 0.3) is 0 Å². The van der Waals surface area contributed by atoms with Crippen molar-refractivity contribution >= 4 is 5.69 Å². The van der Waals surface area contributed by atoms with Crippen LogP contribution in [0.15, 0.2) is 18.3 Å². The van der Waals surface area contributed by atoms with Gasteiger partial charge in [-0.1, -0.05) is 0 Å². The van der Waals surface area contributed by atoms with Crippen LogP contribution >= 0.6 is 0 Å². The lowest BCUT2D eigenvalue weighted by Gasteiger charge is -2.16. The van der Waals surface area contributed by atoms with Gasteiger partial charge in [-0.2, -0.15) is 0 Å². The van der Waals surface area contributed by atoms with E-state index >= 15 is 0 Å².